The first kappa shape index (κ1) is 13.7. The van der Waals surface area contributed by atoms with Crippen LogP contribution in [-0.2, 0) is 9.59 Å². The fourth-order valence-corrected chi connectivity index (χ4v) is 2.35. The van der Waals surface area contributed by atoms with Crippen molar-refractivity contribution in [1.82, 2.24) is 4.90 Å². The summed E-state index contributed by atoms with van der Waals surface area (Å²) in [5, 5.41) is 8.89. The van der Waals surface area contributed by atoms with Gasteiger partial charge in [-0.05, 0) is 26.2 Å². The number of aliphatic carboxylic acids is 1. The number of carboxylic acid groups (broad SMARTS) is 1. The Morgan fingerprint density at radius 1 is 1.35 bits per heavy atom. The van der Waals surface area contributed by atoms with Crippen LogP contribution in [0.15, 0.2) is 11.6 Å². The maximum atomic E-state index is 12.1. The molecule has 4 heteroatoms. The Morgan fingerprint density at radius 2 is 1.94 bits per heavy atom. The van der Waals surface area contributed by atoms with Crippen molar-refractivity contribution < 1.29 is 14.7 Å². The highest BCUT2D eigenvalue weighted by Gasteiger charge is 2.28. The van der Waals surface area contributed by atoms with Crippen LogP contribution >= 0.6 is 0 Å². The summed E-state index contributed by atoms with van der Waals surface area (Å²) < 4.78 is 0. The number of nitrogens with zero attached hydrogens (tertiary/aromatic N) is 1. The van der Waals surface area contributed by atoms with Gasteiger partial charge in [0.1, 0.15) is 6.54 Å². The highest BCUT2D eigenvalue weighted by atomic mass is 16.4. The van der Waals surface area contributed by atoms with E-state index in [9.17, 15) is 9.59 Å². The molecule has 1 saturated carbocycles. The van der Waals surface area contributed by atoms with Gasteiger partial charge in [-0.3, -0.25) is 9.59 Å². The van der Waals surface area contributed by atoms with Gasteiger partial charge in [0.15, 0.2) is 0 Å². The Balaban J connectivity index is 2.77. The molecule has 0 aromatic carbocycles. The Labute approximate surface area is 102 Å². The van der Waals surface area contributed by atoms with Gasteiger partial charge >= 0.3 is 5.97 Å². The van der Waals surface area contributed by atoms with Gasteiger partial charge in [-0.15, -0.1) is 0 Å². The zero-order valence-electron chi connectivity index (χ0n) is 10.6. The molecular weight excluding hydrogens is 218 g/mol. The van der Waals surface area contributed by atoms with Gasteiger partial charge in [0.05, 0.1) is 0 Å². The third-order valence-electron chi connectivity index (χ3n) is 3.18. The van der Waals surface area contributed by atoms with Crippen molar-refractivity contribution in [2.45, 2.75) is 52.0 Å². The van der Waals surface area contributed by atoms with Crippen molar-refractivity contribution >= 4 is 11.9 Å². The molecule has 1 N–H and O–H groups in total. The van der Waals surface area contributed by atoms with E-state index in [1.165, 1.54) is 4.90 Å². The highest BCUT2D eigenvalue weighted by molar-refractivity contribution is 5.94. The molecule has 17 heavy (non-hydrogen) atoms. The standard InChI is InChI=1S/C13H21NO3/c1-3-6-10(2)13(17)14(9-12(15)16)11-7-4-5-8-11/h6,11H,3-5,7-9H2,1-2H3,(H,15,16)/b10-6+. The van der Waals surface area contributed by atoms with E-state index in [1.807, 2.05) is 13.0 Å². The lowest BCUT2D eigenvalue weighted by molar-refractivity contribution is -0.144. The number of hydrogen-bond acceptors (Lipinski definition) is 2. The van der Waals surface area contributed by atoms with E-state index in [0.717, 1.165) is 32.1 Å². The van der Waals surface area contributed by atoms with Crippen molar-refractivity contribution in [2.75, 3.05) is 6.54 Å². The SMILES string of the molecule is CC/C=C(\C)C(=O)N(CC(=O)O)C1CCCC1. The van der Waals surface area contributed by atoms with Gasteiger partial charge in [-0.2, -0.15) is 0 Å². The molecule has 0 aliphatic heterocycles. The van der Waals surface area contributed by atoms with Crippen LogP contribution in [0.25, 0.3) is 0 Å². The number of hydrogen-bond donors (Lipinski definition) is 1. The minimum Gasteiger partial charge on any atom is -0.480 e. The lowest BCUT2D eigenvalue weighted by Gasteiger charge is -2.27. The highest BCUT2D eigenvalue weighted by Crippen LogP contribution is 2.24. The molecule has 1 amide bonds. The zero-order chi connectivity index (χ0) is 12.8. The number of carboxylic acids is 1. The van der Waals surface area contributed by atoms with Crippen molar-refractivity contribution in [3.63, 3.8) is 0 Å². The molecule has 0 atom stereocenters. The van der Waals surface area contributed by atoms with E-state index in [1.54, 1.807) is 6.92 Å². The summed E-state index contributed by atoms with van der Waals surface area (Å²) in [7, 11) is 0. The largest absolute Gasteiger partial charge is 0.480 e. The third kappa shape index (κ3) is 3.88. The number of amides is 1. The molecule has 1 rings (SSSR count). The smallest absolute Gasteiger partial charge is 0.323 e. The normalized spacial score (nSPS) is 17.2. The summed E-state index contributed by atoms with van der Waals surface area (Å²) in [6, 6.07) is 0.110. The summed E-state index contributed by atoms with van der Waals surface area (Å²) in [6.07, 6.45) is 6.68. The van der Waals surface area contributed by atoms with Crippen LogP contribution in [0.2, 0.25) is 0 Å². The first-order valence-corrected chi connectivity index (χ1v) is 6.25. The minimum absolute atomic E-state index is 0.110. The monoisotopic (exact) mass is 239 g/mol. The lowest BCUT2D eigenvalue weighted by Crippen LogP contribution is -2.42. The molecule has 1 aliphatic rings. The number of carbonyl (C=O) groups is 2. The molecule has 0 heterocycles. The van der Waals surface area contributed by atoms with Gasteiger partial charge in [-0.25, -0.2) is 0 Å². The lowest BCUT2D eigenvalue weighted by atomic mass is 10.1. The Morgan fingerprint density at radius 3 is 2.41 bits per heavy atom. The van der Waals surface area contributed by atoms with Gasteiger partial charge in [0, 0.05) is 11.6 Å². The van der Waals surface area contributed by atoms with Crippen LogP contribution in [0.1, 0.15) is 46.0 Å². The third-order valence-corrected chi connectivity index (χ3v) is 3.18. The van der Waals surface area contributed by atoms with Crippen molar-refractivity contribution in [3.05, 3.63) is 11.6 Å². The average molecular weight is 239 g/mol. The van der Waals surface area contributed by atoms with E-state index in [2.05, 4.69) is 0 Å². The van der Waals surface area contributed by atoms with E-state index in [0.29, 0.717) is 5.57 Å². The molecule has 0 saturated heterocycles. The predicted octanol–water partition coefficient (Wildman–Crippen LogP) is 2.20. The van der Waals surface area contributed by atoms with Crippen LogP contribution in [0.4, 0.5) is 0 Å². The molecular formula is C13H21NO3. The summed E-state index contributed by atoms with van der Waals surface area (Å²) in [5.74, 6) is -1.06. The van der Waals surface area contributed by atoms with Crippen LogP contribution in [0.3, 0.4) is 0 Å². The summed E-state index contributed by atoms with van der Waals surface area (Å²) in [5.41, 5.74) is 0.653. The van der Waals surface area contributed by atoms with Crippen LogP contribution in [-0.4, -0.2) is 34.5 Å². The fraction of sp³-hybridized carbons (Fsp3) is 0.692. The van der Waals surface area contributed by atoms with E-state index in [-0.39, 0.29) is 18.5 Å². The molecule has 0 unspecified atom stereocenters. The van der Waals surface area contributed by atoms with E-state index >= 15 is 0 Å². The Kier molecular flexibility index (Phi) is 5.19. The zero-order valence-corrected chi connectivity index (χ0v) is 10.6. The Hall–Kier alpha value is -1.32. The molecule has 0 bridgehead atoms. The van der Waals surface area contributed by atoms with Gasteiger partial charge in [0.25, 0.3) is 0 Å². The maximum Gasteiger partial charge on any atom is 0.323 e. The minimum atomic E-state index is -0.936. The molecule has 1 fully saturated rings. The summed E-state index contributed by atoms with van der Waals surface area (Å²) in [6.45, 7) is 3.54. The second-order valence-corrected chi connectivity index (χ2v) is 4.56. The van der Waals surface area contributed by atoms with Crippen molar-refractivity contribution in [1.29, 1.82) is 0 Å². The quantitative estimate of drug-likeness (QED) is 0.748. The van der Waals surface area contributed by atoms with Gasteiger partial charge in [-0.1, -0.05) is 25.8 Å². The predicted molar refractivity (Wildman–Crippen MR) is 65.7 cm³/mol. The first-order valence-electron chi connectivity index (χ1n) is 6.25. The second-order valence-electron chi connectivity index (χ2n) is 4.56. The molecule has 0 spiro atoms. The first-order chi connectivity index (χ1) is 8.06. The van der Waals surface area contributed by atoms with E-state index < -0.39 is 5.97 Å². The summed E-state index contributed by atoms with van der Waals surface area (Å²) in [4.78, 5) is 24.5. The molecule has 4 nitrogen and oxygen atoms in total. The van der Waals surface area contributed by atoms with Gasteiger partial charge < -0.3 is 10.0 Å². The number of carbonyl (C=O) groups excluding carboxylic acids is 1. The molecule has 0 aromatic heterocycles. The topological polar surface area (TPSA) is 57.6 Å². The molecule has 1 aliphatic carbocycles. The molecule has 0 radical (unpaired) electrons. The average Bonchev–Trinajstić information content (AvgIpc) is 2.78. The maximum absolute atomic E-state index is 12.1. The van der Waals surface area contributed by atoms with Crippen LogP contribution in [0, 0.1) is 0 Å². The van der Waals surface area contributed by atoms with Crippen LogP contribution in [0.5, 0.6) is 0 Å². The second kappa shape index (κ2) is 6.42. The van der Waals surface area contributed by atoms with Crippen LogP contribution < -0.4 is 0 Å². The summed E-state index contributed by atoms with van der Waals surface area (Å²) >= 11 is 0. The van der Waals surface area contributed by atoms with E-state index in [4.69, 9.17) is 5.11 Å². The molecule has 96 valence electrons. The van der Waals surface area contributed by atoms with Gasteiger partial charge in [0.2, 0.25) is 5.91 Å². The molecule has 0 aromatic rings. The van der Waals surface area contributed by atoms with Crippen molar-refractivity contribution in [3.8, 4) is 0 Å². The van der Waals surface area contributed by atoms with Crippen molar-refractivity contribution in [2.24, 2.45) is 0 Å². The Bertz CT molecular complexity index is 317. The number of allylic oxidation sites excluding steroid dienone is 1. The number of rotatable bonds is 5. The fourth-order valence-electron chi connectivity index (χ4n) is 2.35.